The van der Waals surface area contributed by atoms with Crippen molar-refractivity contribution in [2.75, 3.05) is 26.0 Å². The number of likely N-dealkylation sites (tertiary alicyclic amines) is 1. The second-order valence-electron chi connectivity index (χ2n) is 7.00. The van der Waals surface area contributed by atoms with Crippen LogP contribution in [-0.4, -0.2) is 56.1 Å². The zero-order valence-corrected chi connectivity index (χ0v) is 18.4. The second kappa shape index (κ2) is 11.5. The zero-order valence-electron chi connectivity index (χ0n) is 17.6. The Bertz CT molecular complexity index is 708. The summed E-state index contributed by atoms with van der Waals surface area (Å²) in [4.78, 5) is 13.8. The van der Waals surface area contributed by atoms with E-state index in [4.69, 9.17) is 30.5 Å². The minimum atomic E-state index is -2.99. The summed E-state index contributed by atoms with van der Waals surface area (Å²) in [7, 11) is 3.05. The molecule has 30 heavy (non-hydrogen) atoms. The molecule has 0 spiro atoms. The van der Waals surface area contributed by atoms with Gasteiger partial charge in [0, 0.05) is 31.3 Å². The van der Waals surface area contributed by atoms with Gasteiger partial charge in [0.15, 0.2) is 6.29 Å². The maximum absolute atomic E-state index is 13.1. The van der Waals surface area contributed by atoms with Crippen LogP contribution in [0.5, 0.6) is 11.5 Å². The number of esters is 1. The van der Waals surface area contributed by atoms with Crippen LogP contribution in [0.3, 0.4) is 0 Å². The number of nitrogens with zero attached hydrogens (tertiary/aromatic N) is 1. The van der Waals surface area contributed by atoms with E-state index in [0.29, 0.717) is 23.5 Å². The molecule has 1 saturated heterocycles. The molecule has 2 rings (SSSR count). The van der Waals surface area contributed by atoms with E-state index < -0.39 is 18.5 Å². The van der Waals surface area contributed by atoms with Gasteiger partial charge in [-0.2, -0.15) is 8.78 Å². The van der Waals surface area contributed by atoms with Crippen molar-refractivity contribution in [1.82, 2.24) is 4.90 Å². The number of rotatable bonds is 11. The third-order valence-electron chi connectivity index (χ3n) is 4.82. The van der Waals surface area contributed by atoms with E-state index in [0.717, 1.165) is 19.4 Å². The summed E-state index contributed by atoms with van der Waals surface area (Å²) in [6.07, 6.45) is 1.31. The predicted molar refractivity (Wildman–Crippen MR) is 109 cm³/mol. The quantitative estimate of drug-likeness (QED) is 0.308. The van der Waals surface area contributed by atoms with E-state index in [1.165, 1.54) is 13.2 Å². The topological polar surface area (TPSA) is 69.3 Å². The molecule has 3 atom stereocenters. The van der Waals surface area contributed by atoms with E-state index in [-0.39, 0.29) is 24.2 Å². The number of benzene rings is 1. The number of halogens is 3. The lowest BCUT2D eigenvalue weighted by Crippen LogP contribution is -2.31. The van der Waals surface area contributed by atoms with Gasteiger partial charge in [-0.05, 0) is 39.3 Å². The third kappa shape index (κ3) is 7.14. The molecule has 0 amide bonds. The Morgan fingerprint density at radius 3 is 2.63 bits per heavy atom. The van der Waals surface area contributed by atoms with Crippen LogP contribution in [-0.2, 0) is 20.8 Å². The number of carbonyl (C=O) groups excluding carboxylic acids is 1. The van der Waals surface area contributed by atoms with Crippen LogP contribution < -0.4 is 14.8 Å². The summed E-state index contributed by atoms with van der Waals surface area (Å²) in [5.74, 6) is 0.0150. The highest BCUT2D eigenvalue weighted by Gasteiger charge is 2.28. The van der Waals surface area contributed by atoms with Crippen molar-refractivity contribution in [3.8, 4) is 11.5 Å². The fraction of sp³-hybridized carbons (Fsp3) is 0.650. The Labute approximate surface area is 180 Å². The first-order valence-corrected chi connectivity index (χ1v) is 10.2. The van der Waals surface area contributed by atoms with Gasteiger partial charge in [-0.1, -0.05) is 11.6 Å². The average molecular weight is 451 g/mol. The summed E-state index contributed by atoms with van der Waals surface area (Å²) in [6.45, 7) is 1.42. The molecule has 1 aromatic rings. The van der Waals surface area contributed by atoms with Crippen LogP contribution >= 0.6 is 11.6 Å². The molecule has 0 bridgehead atoms. The number of carbonyl (C=O) groups is 1. The summed E-state index contributed by atoms with van der Waals surface area (Å²) in [6, 6.07) is 3.11. The molecule has 1 aliphatic heterocycles. The number of methoxy groups -OCH3 is 1. The summed E-state index contributed by atoms with van der Waals surface area (Å²) >= 11 is 5.81. The van der Waals surface area contributed by atoms with Crippen LogP contribution in [0, 0.1) is 0 Å². The maximum atomic E-state index is 13.1. The largest absolute Gasteiger partial charge is 0.469 e. The molecule has 0 aromatic heterocycles. The normalized spacial score (nSPS) is 18.9. The molecule has 0 aliphatic carbocycles. The fourth-order valence-electron chi connectivity index (χ4n) is 3.53. The van der Waals surface area contributed by atoms with Crippen LogP contribution in [0.4, 0.5) is 14.5 Å². The number of hydrogen-bond donors (Lipinski definition) is 1. The van der Waals surface area contributed by atoms with E-state index in [1.54, 1.807) is 27.0 Å². The Morgan fingerprint density at radius 2 is 2.03 bits per heavy atom. The molecule has 0 saturated carbocycles. The van der Waals surface area contributed by atoms with Gasteiger partial charge in [-0.25, -0.2) is 0 Å². The van der Waals surface area contributed by atoms with E-state index in [1.807, 2.05) is 0 Å². The monoisotopic (exact) mass is 450 g/mol. The van der Waals surface area contributed by atoms with Gasteiger partial charge in [-0.15, -0.1) is 0 Å². The van der Waals surface area contributed by atoms with Crippen molar-refractivity contribution in [3.63, 3.8) is 0 Å². The standard InChI is InChI=1S/C20H29ClF2N2O5/c1-12(21)28-13(2)29-18-10-17(30-20(22)23)14(8-16(18)24-3)11-25-7-5-6-15(25)9-19(26)27-4/h8,10,12-13,15,20,24H,5-7,9,11H2,1-4H3/t12?,13?,15-/m0/s1. The highest BCUT2D eigenvalue weighted by molar-refractivity contribution is 6.19. The summed E-state index contributed by atoms with van der Waals surface area (Å²) in [5, 5.41) is 3.00. The molecule has 1 heterocycles. The van der Waals surface area contributed by atoms with Gasteiger partial charge in [-0.3, -0.25) is 9.69 Å². The molecular formula is C20H29ClF2N2O5. The van der Waals surface area contributed by atoms with Crippen LogP contribution in [0.2, 0.25) is 0 Å². The van der Waals surface area contributed by atoms with Gasteiger partial charge >= 0.3 is 12.6 Å². The van der Waals surface area contributed by atoms with E-state index in [2.05, 4.69) is 10.2 Å². The Hall–Kier alpha value is -1.84. The molecule has 10 heteroatoms. The molecule has 2 unspecified atom stereocenters. The maximum Gasteiger partial charge on any atom is 0.387 e. The minimum absolute atomic E-state index is 0.00819. The lowest BCUT2D eigenvalue weighted by Gasteiger charge is -2.26. The van der Waals surface area contributed by atoms with Crippen molar-refractivity contribution >= 4 is 23.3 Å². The lowest BCUT2D eigenvalue weighted by atomic mass is 10.1. The van der Waals surface area contributed by atoms with Gasteiger partial charge in [0.05, 0.1) is 19.2 Å². The highest BCUT2D eigenvalue weighted by atomic mass is 35.5. The van der Waals surface area contributed by atoms with Crippen molar-refractivity contribution in [1.29, 1.82) is 0 Å². The predicted octanol–water partition coefficient (Wildman–Crippen LogP) is 4.18. The van der Waals surface area contributed by atoms with Crippen LogP contribution in [0.25, 0.3) is 0 Å². The first kappa shape index (κ1) is 24.4. The van der Waals surface area contributed by atoms with Crippen molar-refractivity contribution in [2.24, 2.45) is 0 Å². The Balaban J connectivity index is 2.27. The first-order valence-electron chi connectivity index (χ1n) is 9.80. The van der Waals surface area contributed by atoms with Crippen molar-refractivity contribution in [2.45, 2.75) is 64.2 Å². The van der Waals surface area contributed by atoms with Crippen LogP contribution in [0.15, 0.2) is 12.1 Å². The third-order valence-corrected chi connectivity index (χ3v) is 4.93. The minimum Gasteiger partial charge on any atom is -0.469 e. The van der Waals surface area contributed by atoms with Gasteiger partial charge in [0.25, 0.3) is 0 Å². The number of alkyl halides is 3. The van der Waals surface area contributed by atoms with Gasteiger partial charge in [0.2, 0.25) is 0 Å². The molecule has 0 radical (unpaired) electrons. The smallest absolute Gasteiger partial charge is 0.387 e. The number of ether oxygens (including phenoxy) is 4. The SMILES string of the molecule is CNc1cc(CN2CCC[C@H]2CC(=O)OC)c(OC(F)F)cc1OC(C)OC(C)Cl. The first-order chi connectivity index (χ1) is 14.2. The Kier molecular flexibility index (Phi) is 9.38. The van der Waals surface area contributed by atoms with Crippen molar-refractivity contribution < 1.29 is 32.5 Å². The molecule has 1 N–H and O–H groups in total. The molecule has 1 fully saturated rings. The molecule has 1 aliphatic rings. The molecule has 1 aromatic carbocycles. The van der Waals surface area contributed by atoms with Gasteiger partial charge < -0.3 is 24.3 Å². The molecular weight excluding hydrogens is 422 g/mol. The molecule has 170 valence electrons. The highest BCUT2D eigenvalue weighted by Crippen LogP contribution is 2.36. The second-order valence-corrected chi connectivity index (χ2v) is 7.61. The number of anilines is 1. The Morgan fingerprint density at radius 1 is 1.30 bits per heavy atom. The van der Waals surface area contributed by atoms with E-state index in [9.17, 15) is 13.6 Å². The molecule has 7 nitrogen and oxygen atoms in total. The lowest BCUT2D eigenvalue weighted by molar-refractivity contribution is -0.141. The van der Waals surface area contributed by atoms with Crippen LogP contribution in [0.1, 0.15) is 38.7 Å². The summed E-state index contributed by atoms with van der Waals surface area (Å²) < 4.78 is 46.7. The van der Waals surface area contributed by atoms with E-state index >= 15 is 0 Å². The van der Waals surface area contributed by atoms with Crippen molar-refractivity contribution in [3.05, 3.63) is 17.7 Å². The zero-order chi connectivity index (χ0) is 22.3. The van der Waals surface area contributed by atoms with Gasteiger partial charge in [0.1, 0.15) is 17.1 Å². The average Bonchev–Trinajstić information content (AvgIpc) is 3.08. The number of nitrogens with one attached hydrogen (secondary N) is 1. The number of hydrogen-bond acceptors (Lipinski definition) is 7. The fourth-order valence-corrected chi connectivity index (χ4v) is 3.67. The summed E-state index contributed by atoms with van der Waals surface area (Å²) in [5.41, 5.74) is 0.576.